The van der Waals surface area contributed by atoms with E-state index in [2.05, 4.69) is 13.8 Å². The number of carbonyl (C=O) groups is 4. The molecule has 0 radical (unpaired) electrons. The zero-order chi connectivity index (χ0) is 33.5. The molecule has 0 heterocycles. The number of carboxylic acids is 1. The Labute approximate surface area is 291 Å². The molecule has 0 spiro atoms. The van der Waals surface area contributed by atoms with E-state index in [9.17, 15) is 32.1 Å². The van der Waals surface area contributed by atoms with Crippen LogP contribution in [0, 0.1) is 11.8 Å². The van der Waals surface area contributed by atoms with E-state index in [4.69, 9.17) is 19.3 Å². The minimum absolute atomic E-state index is 0. The number of carbonyl (C=O) groups excluding carboxylic acids is 3. The molecular formula is C32H53NaO11S. The van der Waals surface area contributed by atoms with Crippen LogP contribution in [0.15, 0.2) is 24.3 Å². The van der Waals surface area contributed by atoms with Crippen molar-refractivity contribution in [2.75, 3.05) is 19.8 Å². The fourth-order valence-corrected chi connectivity index (χ4v) is 4.71. The monoisotopic (exact) mass is 668 g/mol. The van der Waals surface area contributed by atoms with E-state index < -0.39 is 45.7 Å². The van der Waals surface area contributed by atoms with Crippen molar-refractivity contribution in [1.82, 2.24) is 0 Å². The average Bonchev–Trinajstić information content (AvgIpc) is 2.99. The number of esters is 3. The van der Waals surface area contributed by atoms with Crippen molar-refractivity contribution in [2.24, 2.45) is 11.8 Å². The molecule has 1 aromatic carbocycles. The second-order valence-corrected chi connectivity index (χ2v) is 12.3. The van der Waals surface area contributed by atoms with Crippen LogP contribution in [0.5, 0.6) is 0 Å². The first-order valence-corrected chi connectivity index (χ1v) is 17.1. The molecule has 0 fully saturated rings. The van der Waals surface area contributed by atoms with E-state index >= 15 is 0 Å². The summed E-state index contributed by atoms with van der Waals surface area (Å²) in [6, 6.07) is 6.03. The summed E-state index contributed by atoms with van der Waals surface area (Å²) in [5.41, 5.74) is 0.0788. The van der Waals surface area contributed by atoms with Crippen LogP contribution < -0.4 is 0 Å². The van der Waals surface area contributed by atoms with Gasteiger partial charge in [0.05, 0.1) is 37.4 Å². The Kier molecular flexibility index (Phi) is 26.2. The molecule has 0 aliphatic carbocycles. The van der Waals surface area contributed by atoms with Crippen molar-refractivity contribution in [1.29, 1.82) is 0 Å². The third kappa shape index (κ3) is 20.0. The Morgan fingerprint density at radius 3 is 1.69 bits per heavy atom. The summed E-state index contributed by atoms with van der Waals surface area (Å²) in [6.45, 7) is 10.7. The molecule has 0 aromatic heterocycles. The van der Waals surface area contributed by atoms with E-state index in [1.54, 1.807) is 12.1 Å². The molecule has 3 unspecified atom stereocenters. The van der Waals surface area contributed by atoms with Crippen LogP contribution in [-0.4, -0.2) is 96.6 Å². The summed E-state index contributed by atoms with van der Waals surface area (Å²) in [4.78, 5) is 46.6. The summed E-state index contributed by atoms with van der Waals surface area (Å²) in [5.74, 6) is -3.31. The molecule has 0 saturated heterocycles. The fourth-order valence-electron chi connectivity index (χ4n) is 4.06. The summed E-state index contributed by atoms with van der Waals surface area (Å²) >= 11 is 0. The van der Waals surface area contributed by atoms with Crippen LogP contribution in [-0.2, 0) is 33.9 Å². The van der Waals surface area contributed by atoms with E-state index in [-0.39, 0.29) is 65.7 Å². The van der Waals surface area contributed by atoms with Gasteiger partial charge in [-0.05, 0) is 43.2 Å². The van der Waals surface area contributed by atoms with E-state index in [0.29, 0.717) is 6.61 Å². The predicted octanol–water partition coefficient (Wildman–Crippen LogP) is 5.85. The van der Waals surface area contributed by atoms with Crippen molar-refractivity contribution in [3.05, 3.63) is 35.4 Å². The topological polar surface area (TPSA) is 171 Å². The molecule has 0 saturated carbocycles. The van der Waals surface area contributed by atoms with Gasteiger partial charge in [0.1, 0.15) is 0 Å². The van der Waals surface area contributed by atoms with E-state index in [0.717, 1.165) is 64.2 Å². The van der Waals surface area contributed by atoms with Gasteiger partial charge in [-0.3, -0.25) is 14.1 Å². The summed E-state index contributed by atoms with van der Waals surface area (Å²) in [6.07, 6.45) is 8.44. The van der Waals surface area contributed by atoms with Gasteiger partial charge in [-0.2, -0.15) is 8.42 Å². The standard InChI is InChI=1S/C20H38O7S.C12H14O4.Na.H/c1-5-9-11-16(7-3)14-26-19(21)13-18(28(23,24)25)20(22)27-15-17(8-4)12-10-6-2;1-2-3-8-16-12(15)10-7-5-4-6-9(10)11(13)14;;/h16-18H,5-15H2,1-4H3,(H,23,24,25);4-7H,2-3,8H2,1H3,(H,13,14);;. The fraction of sp³-hybridized carbons (Fsp3) is 0.688. The number of ether oxygens (including phenoxy) is 3. The van der Waals surface area contributed by atoms with Crippen LogP contribution in [0.2, 0.25) is 0 Å². The van der Waals surface area contributed by atoms with Crippen LogP contribution in [0.25, 0.3) is 0 Å². The molecule has 1 aromatic rings. The number of aromatic carboxylic acids is 1. The zero-order valence-electron chi connectivity index (χ0n) is 26.9. The molecule has 11 nitrogen and oxygen atoms in total. The van der Waals surface area contributed by atoms with E-state index in [1.165, 1.54) is 12.1 Å². The Balaban J connectivity index is 0. The predicted molar refractivity (Wildman–Crippen MR) is 174 cm³/mol. The number of rotatable bonds is 21. The van der Waals surface area contributed by atoms with Crippen molar-refractivity contribution in [2.45, 2.75) is 110 Å². The number of benzene rings is 1. The van der Waals surface area contributed by atoms with Crippen molar-refractivity contribution in [3.63, 3.8) is 0 Å². The van der Waals surface area contributed by atoms with Crippen LogP contribution in [0.1, 0.15) is 126 Å². The van der Waals surface area contributed by atoms with Crippen LogP contribution in [0.3, 0.4) is 0 Å². The third-order valence-corrected chi connectivity index (χ3v) is 8.19. The van der Waals surface area contributed by atoms with Gasteiger partial charge >= 0.3 is 53.4 Å². The molecule has 254 valence electrons. The molecule has 0 amide bonds. The van der Waals surface area contributed by atoms with Gasteiger partial charge in [0.25, 0.3) is 10.1 Å². The number of carboxylic acid groups (broad SMARTS) is 1. The number of hydrogen-bond acceptors (Lipinski definition) is 9. The molecule has 1 rings (SSSR count). The van der Waals surface area contributed by atoms with Gasteiger partial charge in [-0.1, -0.05) is 91.7 Å². The summed E-state index contributed by atoms with van der Waals surface area (Å²) in [5, 5.41) is 6.93. The van der Waals surface area contributed by atoms with Gasteiger partial charge in [0.2, 0.25) is 0 Å². The first kappa shape index (κ1) is 45.1. The van der Waals surface area contributed by atoms with Crippen LogP contribution >= 0.6 is 0 Å². The molecule has 13 heteroatoms. The summed E-state index contributed by atoms with van der Waals surface area (Å²) < 4.78 is 47.7. The van der Waals surface area contributed by atoms with Gasteiger partial charge in [0, 0.05) is 0 Å². The van der Waals surface area contributed by atoms with Gasteiger partial charge < -0.3 is 19.3 Å². The SMILES string of the molecule is CCCCC(CC)COC(=O)CC(C(=O)OCC(CC)CCCC)S(=O)(=O)O.CCCCOC(=O)c1ccccc1C(=O)O.[NaH]. The maximum atomic E-state index is 12.2. The molecule has 0 aliphatic heterocycles. The normalized spacial score (nSPS) is 12.8. The molecular weight excluding hydrogens is 615 g/mol. The first-order chi connectivity index (χ1) is 20.9. The third-order valence-electron chi connectivity index (χ3n) is 7.11. The molecule has 0 bridgehead atoms. The van der Waals surface area contributed by atoms with Crippen molar-refractivity contribution < 1.29 is 51.5 Å². The van der Waals surface area contributed by atoms with E-state index in [1.807, 2.05) is 20.8 Å². The summed E-state index contributed by atoms with van der Waals surface area (Å²) in [7, 11) is -4.76. The van der Waals surface area contributed by atoms with Crippen LogP contribution in [0.4, 0.5) is 0 Å². The van der Waals surface area contributed by atoms with Gasteiger partial charge in [-0.15, -0.1) is 0 Å². The second kappa shape index (κ2) is 26.1. The van der Waals surface area contributed by atoms with Crippen molar-refractivity contribution in [3.8, 4) is 0 Å². The zero-order valence-corrected chi connectivity index (χ0v) is 27.7. The molecule has 3 atom stereocenters. The second-order valence-electron chi connectivity index (χ2n) is 10.7. The Bertz CT molecular complexity index is 1110. The number of unbranched alkanes of at least 4 members (excludes halogenated alkanes) is 3. The maximum absolute atomic E-state index is 12.2. The molecule has 45 heavy (non-hydrogen) atoms. The minimum atomic E-state index is -4.76. The quantitative estimate of drug-likeness (QED) is 0.0530. The van der Waals surface area contributed by atoms with Crippen molar-refractivity contribution >= 4 is 63.6 Å². The Morgan fingerprint density at radius 2 is 1.24 bits per heavy atom. The average molecular weight is 669 g/mol. The first-order valence-electron chi connectivity index (χ1n) is 15.6. The molecule has 0 aliphatic rings. The number of hydrogen-bond donors (Lipinski definition) is 2. The van der Waals surface area contributed by atoms with Gasteiger partial charge in [-0.25, -0.2) is 9.59 Å². The van der Waals surface area contributed by atoms with Gasteiger partial charge in [0.15, 0.2) is 5.25 Å². The Hall–Kier alpha value is -1.99. The molecule has 2 N–H and O–H groups in total. The Morgan fingerprint density at radius 1 is 0.756 bits per heavy atom.